The lowest BCUT2D eigenvalue weighted by Gasteiger charge is -2.10. The number of carbonyl (C=O) groups is 1. The molecule has 0 saturated carbocycles. The van der Waals surface area contributed by atoms with E-state index in [-0.39, 0.29) is 16.7 Å². The lowest BCUT2D eigenvalue weighted by atomic mass is 10.1. The number of hydrogen-bond acceptors (Lipinski definition) is 4. The van der Waals surface area contributed by atoms with E-state index in [0.29, 0.717) is 22.0 Å². The van der Waals surface area contributed by atoms with E-state index >= 15 is 0 Å². The highest BCUT2D eigenvalue weighted by atomic mass is 35.5. The molecule has 4 nitrogen and oxygen atoms in total. The number of anilines is 1. The number of rotatable bonds is 3. The zero-order chi connectivity index (χ0) is 14.0. The average Bonchev–Trinajstić information content (AvgIpc) is 2.34. The van der Waals surface area contributed by atoms with Gasteiger partial charge in [0.15, 0.2) is 5.78 Å². The summed E-state index contributed by atoms with van der Waals surface area (Å²) in [5.74, 6) is 0.365. The molecule has 6 heteroatoms. The first kappa shape index (κ1) is 13.6. The highest BCUT2D eigenvalue weighted by molar-refractivity contribution is 6.35. The van der Waals surface area contributed by atoms with Crippen LogP contribution in [0.2, 0.25) is 10.0 Å². The van der Waals surface area contributed by atoms with Crippen LogP contribution in [0.4, 0.5) is 5.69 Å². The van der Waals surface area contributed by atoms with Crippen molar-refractivity contribution in [2.45, 2.75) is 6.92 Å². The molecule has 2 rings (SSSR count). The number of hydrogen-bond donors (Lipinski definition) is 1. The number of carbonyl (C=O) groups excluding carboxylic acids is 1. The van der Waals surface area contributed by atoms with Crippen molar-refractivity contribution in [3.05, 3.63) is 46.1 Å². The van der Waals surface area contributed by atoms with E-state index < -0.39 is 0 Å². The molecular weight excluding hydrogens is 287 g/mol. The van der Waals surface area contributed by atoms with Crippen LogP contribution in [0.3, 0.4) is 0 Å². The van der Waals surface area contributed by atoms with Crippen LogP contribution in [0.25, 0.3) is 0 Å². The molecule has 0 unspecified atom stereocenters. The molecular formula is C13H10Cl2N2O2. The summed E-state index contributed by atoms with van der Waals surface area (Å²) in [6.07, 6.45) is 1.41. The Kier molecular flexibility index (Phi) is 3.93. The molecule has 0 atom stereocenters. The van der Waals surface area contributed by atoms with E-state index in [1.54, 1.807) is 18.2 Å². The van der Waals surface area contributed by atoms with Gasteiger partial charge in [-0.3, -0.25) is 4.79 Å². The van der Waals surface area contributed by atoms with Gasteiger partial charge in [-0.2, -0.15) is 0 Å². The molecule has 1 aromatic carbocycles. The van der Waals surface area contributed by atoms with Gasteiger partial charge in [-0.05, 0) is 31.2 Å². The number of benzene rings is 1. The van der Waals surface area contributed by atoms with Gasteiger partial charge in [0.2, 0.25) is 5.88 Å². The SMILES string of the molecule is CC(=O)c1cc(N)ccc1Oc1ncc(Cl)cc1Cl. The Morgan fingerprint density at radius 1 is 1.32 bits per heavy atom. The molecule has 0 aliphatic heterocycles. The number of nitrogen functional groups attached to an aromatic ring is 1. The van der Waals surface area contributed by atoms with Crippen molar-refractivity contribution in [1.82, 2.24) is 4.98 Å². The van der Waals surface area contributed by atoms with Crippen molar-refractivity contribution in [2.24, 2.45) is 0 Å². The Labute approximate surface area is 120 Å². The van der Waals surface area contributed by atoms with Gasteiger partial charge in [0.1, 0.15) is 10.8 Å². The number of pyridine rings is 1. The van der Waals surface area contributed by atoms with Gasteiger partial charge in [0.05, 0.1) is 10.6 Å². The molecule has 0 aliphatic carbocycles. The third-order valence-corrected chi connectivity index (χ3v) is 2.84. The summed E-state index contributed by atoms with van der Waals surface area (Å²) in [6, 6.07) is 6.28. The van der Waals surface area contributed by atoms with Gasteiger partial charge < -0.3 is 10.5 Å². The Bertz CT molecular complexity index is 645. The molecule has 0 bridgehead atoms. The van der Waals surface area contributed by atoms with Gasteiger partial charge in [-0.1, -0.05) is 23.2 Å². The number of aromatic nitrogens is 1. The predicted molar refractivity (Wildman–Crippen MR) is 75.2 cm³/mol. The van der Waals surface area contributed by atoms with Crippen LogP contribution in [0.1, 0.15) is 17.3 Å². The van der Waals surface area contributed by atoms with Gasteiger partial charge >= 0.3 is 0 Å². The van der Waals surface area contributed by atoms with Gasteiger partial charge in [0.25, 0.3) is 0 Å². The molecule has 19 heavy (non-hydrogen) atoms. The summed E-state index contributed by atoms with van der Waals surface area (Å²) in [7, 11) is 0. The molecule has 0 aliphatic rings. The van der Waals surface area contributed by atoms with Crippen molar-refractivity contribution in [3.8, 4) is 11.6 Å². The van der Waals surface area contributed by atoms with Crippen LogP contribution in [0, 0.1) is 0 Å². The number of Topliss-reactive ketones (excluding diaryl/α,β-unsaturated/α-hetero) is 1. The lowest BCUT2D eigenvalue weighted by molar-refractivity contribution is 0.101. The van der Waals surface area contributed by atoms with E-state index in [9.17, 15) is 4.79 Å². The molecule has 1 aromatic heterocycles. The van der Waals surface area contributed by atoms with Crippen LogP contribution < -0.4 is 10.5 Å². The van der Waals surface area contributed by atoms with Gasteiger partial charge in [-0.15, -0.1) is 0 Å². The summed E-state index contributed by atoms with van der Waals surface area (Å²) < 4.78 is 5.53. The quantitative estimate of drug-likeness (QED) is 0.687. The molecule has 0 saturated heterocycles. The minimum Gasteiger partial charge on any atom is -0.437 e. The van der Waals surface area contributed by atoms with Gasteiger partial charge in [0, 0.05) is 11.9 Å². The third kappa shape index (κ3) is 3.16. The first-order chi connectivity index (χ1) is 8.97. The summed E-state index contributed by atoms with van der Waals surface area (Å²) >= 11 is 11.7. The normalized spacial score (nSPS) is 10.3. The van der Waals surface area contributed by atoms with Crippen LogP contribution in [-0.4, -0.2) is 10.8 Å². The minimum atomic E-state index is -0.160. The summed E-state index contributed by atoms with van der Waals surface area (Å²) in [6.45, 7) is 1.43. The van der Waals surface area contributed by atoms with Gasteiger partial charge in [-0.25, -0.2) is 4.98 Å². The molecule has 0 radical (unpaired) electrons. The maximum absolute atomic E-state index is 11.5. The lowest BCUT2D eigenvalue weighted by Crippen LogP contribution is -2.00. The van der Waals surface area contributed by atoms with Crippen molar-refractivity contribution in [2.75, 3.05) is 5.73 Å². The van der Waals surface area contributed by atoms with E-state index in [2.05, 4.69) is 4.98 Å². The van der Waals surface area contributed by atoms with E-state index in [1.165, 1.54) is 19.2 Å². The fraction of sp³-hybridized carbons (Fsp3) is 0.0769. The Balaban J connectivity index is 2.40. The molecule has 0 fully saturated rings. The first-order valence-electron chi connectivity index (χ1n) is 5.36. The van der Waals surface area contributed by atoms with Crippen LogP contribution in [0.15, 0.2) is 30.5 Å². The Morgan fingerprint density at radius 3 is 2.68 bits per heavy atom. The number of nitrogens with zero attached hydrogens (tertiary/aromatic N) is 1. The zero-order valence-electron chi connectivity index (χ0n) is 9.98. The van der Waals surface area contributed by atoms with Crippen LogP contribution in [0.5, 0.6) is 11.6 Å². The molecule has 1 heterocycles. The maximum Gasteiger partial charge on any atom is 0.238 e. The van der Waals surface area contributed by atoms with Crippen molar-refractivity contribution in [3.63, 3.8) is 0 Å². The molecule has 2 aromatic rings. The average molecular weight is 297 g/mol. The third-order valence-electron chi connectivity index (χ3n) is 2.36. The number of nitrogens with two attached hydrogens (primary N) is 1. The summed E-state index contributed by atoms with van der Waals surface area (Å²) in [5.41, 5.74) is 6.49. The second-order valence-electron chi connectivity index (χ2n) is 3.85. The smallest absolute Gasteiger partial charge is 0.238 e. The second kappa shape index (κ2) is 5.47. The van der Waals surface area contributed by atoms with Crippen LogP contribution >= 0.6 is 23.2 Å². The largest absolute Gasteiger partial charge is 0.437 e. The number of ketones is 1. The highest BCUT2D eigenvalue weighted by Crippen LogP contribution is 2.31. The fourth-order valence-corrected chi connectivity index (χ4v) is 1.91. The van der Waals surface area contributed by atoms with E-state index in [1.807, 2.05) is 0 Å². The standard InChI is InChI=1S/C13H10Cl2N2O2/c1-7(18)10-5-9(16)2-3-12(10)19-13-11(15)4-8(14)6-17-13/h2-6H,16H2,1H3. The van der Waals surface area contributed by atoms with Crippen molar-refractivity contribution < 1.29 is 9.53 Å². The second-order valence-corrected chi connectivity index (χ2v) is 4.70. The fourth-order valence-electron chi connectivity index (χ4n) is 1.49. The first-order valence-corrected chi connectivity index (χ1v) is 6.12. The number of ether oxygens (including phenoxy) is 1. The maximum atomic E-state index is 11.5. The molecule has 98 valence electrons. The highest BCUT2D eigenvalue weighted by Gasteiger charge is 2.12. The monoisotopic (exact) mass is 296 g/mol. The van der Waals surface area contributed by atoms with Crippen LogP contribution in [-0.2, 0) is 0 Å². The molecule has 0 amide bonds. The minimum absolute atomic E-state index is 0.160. The van der Waals surface area contributed by atoms with E-state index in [0.717, 1.165) is 0 Å². The molecule has 0 spiro atoms. The van der Waals surface area contributed by atoms with Crippen molar-refractivity contribution >= 4 is 34.7 Å². The topological polar surface area (TPSA) is 65.2 Å². The summed E-state index contributed by atoms with van der Waals surface area (Å²) in [5, 5.41) is 0.667. The number of halogens is 2. The summed E-state index contributed by atoms with van der Waals surface area (Å²) in [4.78, 5) is 15.5. The van der Waals surface area contributed by atoms with Crippen molar-refractivity contribution in [1.29, 1.82) is 0 Å². The predicted octanol–water partition coefficient (Wildman–Crippen LogP) is 3.97. The van der Waals surface area contributed by atoms with E-state index in [4.69, 9.17) is 33.7 Å². The zero-order valence-corrected chi connectivity index (χ0v) is 11.5. The Hall–Kier alpha value is -1.78. The molecule has 2 N–H and O–H groups in total. The Morgan fingerprint density at radius 2 is 2.05 bits per heavy atom.